The van der Waals surface area contributed by atoms with Gasteiger partial charge in [0.05, 0.1) is 22.5 Å². The number of esters is 1. The molecule has 0 aromatic heterocycles. The molecule has 33 heavy (non-hydrogen) atoms. The molecule has 5 rings (SSSR count). The summed E-state index contributed by atoms with van der Waals surface area (Å²) >= 11 is 0. The SMILES string of the molecule is CC1=C(C(=O)OC2CCCCC2)C(c2cc3c(cc2[N+](=O)[O-])OCO3)C2=C(CCCC2=O)N1. The van der Waals surface area contributed by atoms with Gasteiger partial charge in [-0.05, 0) is 51.5 Å². The molecule has 9 nitrogen and oxygen atoms in total. The monoisotopic (exact) mass is 454 g/mol. The average molecular weight is 454 g/mol. The first-order valence-corrected chi connectivity index (χ1v) is 11.5. The van der Waals surface area contributed by atoms with E-state index < -0.39 is 16.8 Å². The summed E-state index contributed by atoms with van der Waals surface area (Å²) in [5.41, 5.74) is 1.95. The Morgan fingerprint density at radius 1 is 1.12 bits per heavy atom. The molecule has 1 aromatic carbocycles. The summed E-state index contributed by atoms with van der Waals surface area (Å²) in [6.07, 6.45) is 6.19. The number of ether oxygens (including phenoxy) is 3. The van der Waals surface area contributed by atoms with Crippen LogP contribution in [0, 0.1) is 10.1 Å². The van der Waals surface area contributed by atoms with Gasteiger partial charge in [-0.15, -0.1) is 0 Å². The van der Waals surface area contributed by atoms with E-state index in [-0.39, 0.29) is 41.3 Å². The minimum atomic E-state index is -0.903. The molecule has 9 heteroatoms. The van der Waals surface area contributed by atoms with E-state index in [1.807, 2.05) is 0 Å². The number of benzene rings is 1. The largest absolute Gasteiger partial charge is 0.459 e. The van der Waals surface area contributed by atoms with Crippen LogP contribution in [0.25, 0.3) is 0 Å². The van der Waals surface area contributed by atoms with Gasteiger partial charge in [-0.1, -0.05) is 6.42 Å². The van der Waals surface area contributed by atoms with Crippen molar-refractivity contribution in [3.05, 3.63) is 50.4 Å². The number of Topliss-reactive ketones (excluding diaryl/α,β-unsaturated/α-hetero) is 1. The van der Waals surface area contributed by atoms with E-state index in [9.17, 15) is 19.7 Å². The van der Waals surface area contributed by atoms with Crippen LogP contribution in [0.5, 0.6) is 11.5 Å². The normalized spacial score (nSPS) is 22.7. The van der Waals surface area contributed by atoms with Crippen LogP contribution >= 0.6 is 0 Å². The third kappa shape index (κ3) is 3.85. The lowest BCUT2D eigenvalue weighted by molar-refractivity contribution is -0.385. The zero-order chi connectivity index (χ0) is 23.1. The van der Waals surface area contributed by atoms with Crippen molar-refractivity contribution in [2.75, 3.05) is 6.79 Å². The Morgan fingerprint density at radius 2 is 1.85 bits per heavy atom. The molecule has 0 radical (unpaired) electrons. The van der Waals surface area contributed by atoms with Gasteiger partial charge >= 0.3 is 5.97 Å². The Kier molecular flexibility index (Phi) is 5.55. The number of nitro groups is 1. The van der Waals surface area contributed by atoms with E-state index in [0.717, 1.165) is 37.8 Å². The van der Waals surface area contributed by atoms with E-state index in [1.165, 1.54) is 12.1 Å². The smallest absolute Gasteiger partial charge is 0.337 e. The lowest BCUT2D eigenvalue weighted by atomic mass is 9.74. The summed E-state index contributed by atoms with van der Waals surface area (Å²) < 4.78 is 16.7. The van der Waals surface area contributed by atoms with E-state index >= 15 is 0 Å². The number of fused-ring (bicyclic) bond motifs is 1. The highest BCUT2D eigenvalue weighted by Gasteiger charge is 2.43. The van der Waals surface area contributed by atoms with Crippen molar-refractivity contribution < 1.29 is 28.7 Å². The van der Waals surface area contributed by atoms with Crippen molar-refractivity contribution in [2.24, 2.45) is 0 Å². The summed E-state index contributed by atoms with van der Waals surface area (Å²) in [4.78, 5) is 38.1. The van der Waals surface area contributed by atoms with Crippen LogP contribution in [0.2, 0.25) is 0 Å². The molecule has 1 saturated carbocycles. The number of hydrogen-bond donors (Lipinski definition) is 1. The molecule has 2 heterocycles. The molecule has 1 fully saturated rings. The predicted molar refractivity (Wildman–Crippen MR) is 117 cm³/mol. The second-order valence-corrected chi connectivity index (χ2v) is 8.95. The molecular formula is C24H26N2O7. The van der Waals surface area contributed by atoms with Gasteiger partial charge in [0.2, 0.25) is 6.79 Å². The second kappa shape index (κ2) is 8.53. The summed E-state index contributed by atoms with van der Waals surface area (Å²) in [5.74, 6) is -0.919. The quantitative estimate of drug-likeness (QED) is 0.409. The van der Waals surface area contributed by atoms with E-state index in [4.69, 9.17) is 14.2 Å². The lowest BCUT2D eigenvalue weighted by Gasteiger charge is -2.34. The third-order valence-electron chi connectivity index (χ3n) is 6.85. The van der Waals surface area contributed by atoms with Gasteiger partial charge in [0, 0.05) is 29.0 Å². The fourth-order valence-corrected chi connectivity index (χ4v) is 5.30. The third-order valence-corrected chi connectivity index (χ3v) is 6.85. The molecule has 1 N–H and O–H groups in total. The van der Waals surface area contributed by atoms with Crippen LogP contribution in [0.4, 0.5) is 5.69 Å². The first kappa shape index (κ1) is 21.5. The van der Waals surface area contributed by atoms with Crippen LogP contribution in [0.3, 0.4) is 0 Å². The topological polar surface area (TPSA) is 117 Å². The Balaban J connectivity index is 1.64. The van der Waals surface area contributed by atoms with Crippen LogP contribution in [-0.4, -0.2) is 29.6 Å². The number of nitro benzene ring substituents is 1. The summed E-state index contributed by atoms with van der Waals surface area (Å²) in [7, 11) is 0. The standard InChI is InChI=1S/C24H26N2O7/c1-13-21(24(28)33-14-6-3-2-4-7-14)22(23-16(25-13)8-5-9-18(23)27)15-10-19-20(32-12-31-19)11-17(15)26(29)30/h10-11,14,22,25H,2-9,12H2,1H3. The highest BCUT2D eigenvalue weighted by atomic mass is 16.7. The molecule has 2 aliphatic carbocycles. The van der Waals surface area contributed by atoms with Gasteiger partial charge < -0.3 is 19.5 Å². The molecular weight excluding hydrogens is 428 g/mol. The maximum absolute atomic E-state index is 13.5. The molecule has 0 spiro atoms. The number of nitrogens with zero attached hydrogens (tertiary/aromatic N) is 1. The molecule has 0 bridgehead atoms. The Morgan fingerprint density at radius 3 is 2.58 bits per heavy atom. The molecule has 1 unspecified atom stereocenters. The number of carbonyl (C=O) groups is 2. The molecule has 1 atom stereocenters. The average Bonchev–Trinajstić information content (AvgIpc) is 3.25. The van der Waals surface area contributed by atoms with Gasteiger partial charge in [0.15, 0.2) is 17.3 Å². The van der Waals surface area contributed by atoms with Crippen molar-refractivity contribution in [2.45, 2.75) is 70.3 Å². The van der Waals surface area contributed by atoms with Gasteiger partial charge in [0.1, 0.15) is 6.10 Å². The molecule has 0 saturated heterocycles. The zero-order valence-corrected chi connectivity index (χ0v) is 18.5. The fourth-order valence-electron chi connectivity index (χ4n) is 5.30. The Labute approximate surface area is 190 Å². The van der Waals surface area contributed by atoms with Gasteiger partial charge in [0.25, 0.3) is 5.69 Å². The van der Waals surface area contributed by atoms with Crippen molar-refractivity contribution in [3.63, 3.8) is 0 Å². The van der Waals surface area contributed by atoms with Crippen molar-refractivity contribution in [3.8, 4) is 11.5 Å². The molecule has 1 aromatic rings. The Bertz CT molecular complexity index is 1100. The van der Waals surface area contributed by atoms with E-state index in [1.54, 1.807) is 6.92 Å². The van der Waals surface area contributed by atoms with Crippen molar-refractivity contribution in [1.29, 1.82) is 0 Å². The first-order chi connectivity index (χ1) is 15.9. The van der Waals surface area contributed by atoms with Crippen LogP contribution in [0.1, 0.15) is 69.8 Å². The first-order valence-electron chi connectivity index (χ1n) is 11.5. The second-order valence-electron chi connectivity index (χ2n) is 8.95. The predicted octanol–water partition coefficient (Wildman–Crippen LogP) is 4.17. The minimum Gasteiger partial charge on any atom is -0.459 e. The van der Waals surface area contributed by atoms with Gasteiger partial charge in [-0.2, -0.15) is 0 Å². The summed E-state index contributed by atoms with van der Waals surface area (Å²) in [6.45, 7) is 1.71. The number of carbonyl (C=O) groups excluding carboxylic acids is 2. The summed E-state index contributed by atoms with van der Waals surface area (Å²) in [6, 6.07) is 2.84. The zero-order valence-electron chi connectivity index (χ0n) is 18.5. The minimum absolute atomic E-state index is 0.0412. The molecule has 4 aliphatic rings. The van der Waals surface area contributed by atoms with Crippen molar-refractivity contribution in [1.82, 2.24) is 5.32 Å². The lowest BCUT2D eigenvalue weighted by Crippen LogP contribution is -2.35. The highest BCUT2D eigenvalue weighted by Crippen LogP contribution is 2.49. The van der Waals surface area contributed by atoms with Crippen LogP contribution in [0.15, 0.2) is 34.7 Å². The summed E-state index contributed by atoms with van der Waals surface area (Å²) in [5, 5.41) is 15.3. The number of rotatable bonds is 4. The molecule has 174 valence electrons. The van der Waals surface area contributed by atoms with Gasteiger partial charge in [-0.25, -0.2) is 4.79 Å². The molecule has 0 amide bonds. The number of nitrogens with one attached hydrogen (secondary N) is 1. The number of ketones is 1. The van der Waals surface area contributed by atoms with Crippen LogP contribution in [-0.2, 0) is 14.3 Å². The number of hydrogen-bond acceptors (Lipinski definition) is 8. The maximum Gasteiger partial charge on any atom is 0.337 e. The van der Waals surface area contributed by atoms with E-state index in [0.29, 0.717) is 36.3 Å². The van der Waals surface area contributed by atoms with Crippen molar-refractivity contribution >= 4 is 17.4 Å². The number of allylic oxidation sites excluding steroid dienone is 3. The van der Waals surface area contributed by atoms with Gasteiger partial charge in [-0.3, -0.25) is 14.9 Å². The number of dihydropyridines is 1. The van der Waals surface area contributed by atoms with E-state index in [2.05, 4.69) is 5.32 Å². The highest BCUT2D eigenvalue weighted by molar-refractivity contribution is 6.04. The van der Waals surface area contributed by atoms with Crippen LogP contribution < -0.4 is 14.8 Å². The fraction of sp³-hybridized carbons (Fsp3) is 0.500. The Hall–Kier alpha value is -3.36. The maximum atomic E-state index is 13.5. The molecule has 2 aliphatic heterocycles.